The highest BCUT2D eigenvalue weighted by atomic mass is 35.5. The number of benzene rings is 1. The van der Waals surface area contributed by atoms with E-state index in [1.54, 1.807) is 0 Å². The second-order valence-corrected chi connectivity index (χ2v) is 4.98. The molecule has 0 aromatic heterocycles. The number of hydrogen-bond donors (Lipinski definition) is 1. The fourth-order valence-corrected chi connectivity index (χ4v) is 1.94. The van der Waals surface area contributed by atoms with Crippen LogP contribution in [0.3, 0.4) is 0 Å². The number of carbonyl (C=O) groups is 2. The van der Waals surface area contributed by atoms with Gasteiger partial charge >= 0.3 is 0 Å². The van der Waals surface area contributed by atoms with E-state index in [1.807, 2.05) is 0 Å². The molecule has 9 heteroatoms. The van der Waals surface area contributed by atoms with Crippen molar-refractivity contribution in [3.8, 4) is 0 Å². The van der Waals surface area contributed by atoms with Crippen LogP contribution < -0.4 is 5.32 Å². The van der Waals surface area contributed by atoms with Crippen molar-refractivity contribution in [3.05, 3.63) is 37.9 Å². The molecule has 0 aliphatic rings. The van der Waals surface area contributed by atoms with Gasteiger partial charge in [0.2, 0.25) is 5.91 Å². The van der Waals surface area contributed by atoms with Crippen LogP contribution in [0, 0.1) is 10.1 Å². The maximum Gasteiger partial charge on any atom is 0.290 e. The van der Waals surface area contributed by atoms with Gasteiger partial charge in [-0.15, -0.1) is 0 Å². The van der Waals surface area contributed by atoms with Gasteiger partial charge in [0.05, 0.1) is 9.95 Å². The SMILES string of the molecule is CNC(=O)CCN(C)C(=O)c1cc(Cl)c(Cl)c([N+](=O)[O-])c1. The highest BCUT2D eigenvalue weighted by Gasteiger charge is 2.22. The molecule has 114 valence electrons. The quantitative estimate of drug-likeness (QED) is 0.659. The van der Waals surface area contributed by atoms with E-state index < -0.39 is 16.5 Å². The zero-order valence-electron chi connectivity index (χ0n) is 11.4. The fourth-order valence-electron chi connectivity index (χ4n) is 1.55. The van der Waals surface area contributed by atoms with E-state index in [0.29, 0.717) is 0 Å². The maximum absolute atomic E-state index is 12.2. The third kappa shape index (κ3) is 4.30. The predicted molar refractivity (Wildman–Crippen MR) is 78.8 cm³/mol. The van der Waals surface area contributed by atoms with Crippen molar-refractivity contribution in [2.45, 2.75) is 6.42 Å². The molecule has 0 atom stereocenters. The molecule has 0 aliphatic carbocycles. The number of nitro groups is 1. The molecule has 21 heavy (non-hydrogen) atoms. The Morgan fingerprint density at radius 1 is 1.38 bits per heavy atom. The van der Waals surface area contributed by atoms with Gasteiger partial charge in [-0.2, -0.15) is 0 Å². The van der Waals surface area contributed by atoms with Crippen molar-refractivity contribution in [3.63, 3.8) is 0 Å². The predicted octanol–water partition coefficient (Wildman–Crippen LogP) is 2.11. The number of nitro benzene ring substituents is 1. The van der Waals surface area contributed by atoms with Crippen LogP contribution in [-0.2, 0) is 4.79 Å². The van der Waals surface area contributed by atoms with E-state index in [-0.39, 0.29) is 34.5 Å². The topological polar surface area (TPSA) is 92.6 Å². The third-order valence-electron chi connectivity index (χ3n) is 2.75. The molecule has 1 N–H and O–H groups in total. The first-order chi connectivity index (χ1) is 9.77. The summed E-state index contributed by atoms with van der Waals surface area (Å²) in [6.45, 7) is 0.173. The average molecular weight is 334 g/mol. The molecule has 1 aromatic rings. The molecule has 0 spiro atoms. The van der Waals surface area contributed by atoms with Crippen molar-refractivity contribution < 1.29 is 14.5 Å². The van der Waals surface area contributed by atoms with Crippen molar-refractivity contribution in [2.75, 3.05) is 20.6 Å². The monoisotopic (exact) mass is 333 g/mol. The lowest BCUT2D eigenvalue weighted by Crippen LogP contribution is -2.31. The van der Waals surface area contributed by atoms with Crippen molar-refractivity contribution in [1.82, 2.24) is 10.2 Å². The smallest absolute Gasteiger partial charge is 0.290 e. The Morgan fingerprint density at radius 2 is 2.00 bits per heavy atom. The molecule has 0 bridgehead atoms. The van der Waals surface area contributed by atoms with Gasteiger partial charge in [-0.05, 0) is 6.07 Å². The number of hydrogen-bond acceptors (Lipinski definition) is 4. The minimum atomic E-state index is -0.713. The zero-order valence-corrected chi connectivity index (χ0v) is 12.9. The van der Waals surface area contributed by atoms with Crippen molar-refractivity contribution in [1.29, 1.82) is 0 Å². The first kappa shape index (κ1) is 17.2. The van der Waals surface area contributed by atoms with E-state index in [9.17, 15) is 19.7 Å². The summed E-state index contributed by atoms with van der Waals surface area (Å²) in [4.78, 5) is 34.7. The number of carbonyl (C=O) groups excluding carboxylic acids is 2. The molecule has 0 aliphatic heterocycles. The Hall–Kier alpha value is -1.86. The number of amides is 2. The molecular weight excluding hydrogens is 321 g/mol. The molecule has 0 heterocycles. The van der Waals surface area contributed by atoms with E-state index in [4.69, 9.17) is 23.2 Å². The van der Waals surface area contributed by atoms with Crippen LogP contribution in [0.15, 0.2) is 12.1 Å². The van der Waals surface area contributed by atoms with E-state index in [2.05, 4.69) is 5.32 Å². The summed E-state index contributed by atoms with van der Waals surface area (Å²) in [6, 6.07) is 2.32. The summed E-state index contributed by atoms with van der Waals surface area (Å²) in [5, 5.41) is 13.0. The second-order valence-electron chi connectivity index (χ2n) is 4.20. The number of nitrogens with one attached hydrogen (secondary N) is 1. The lowest BCUT2D eigenvalue weighted by Gasteiger charge is -2.17. The maximum atomic E-state index is 12.2. The molecule has 0 fully saturated rings. The van der Waals surface area contributed by atoms with Gasteiger partial charge in [0, 0.05) is 38.7 Å². The molecule has 0 unspecified atom stereocenters. The van der Waals surface area contributed by atoms with E-state index in [1.165, 1.54) is 25.1 Å². The Labute approximate surface area is 131 Å². The summed E-state index contributed by atoms with van der Waals surface area (Å²) in [6.07, 6.45) is 0.127. The lowest BCUT2D eigenvalue weighted by molar-refractivity contribution is -0.384. The van der Waals surface area contributed by atoms with Crippen LogP contribution in [0.1, 0.15) is 16.8 Å². The van der Waals surface area contributed by atoms with Crippen LogP contribution in [0.2, 0.25) is 10.0 Å². The molecule has 7 nitrogen and oxygen atoms in total. The molecule has 0 radical (unpaired) electrons. The summed E-state index contributed by atoms with van der Waals surface area (Å²) in [5.41, 5.74) is -0.400. The Bertz CT molecular complexity index is 592. The Kier molecular flexibility index (Phi) is 5.92. The minimum absolute atomic E-state index is 0.0375. The highest BCUT2D eigenvalue weighted by molar-refractivity contribution is 6.43. The van der Waals surface area contributed by atoms with Gasteiger partial charge in [0.1, 0.15) is 5.02 Å². The Balaban J connectivity index is 2.97. The van der Waals surface area contributed by atoms with Gasteiger partial charge in [0.25, 0.3) is 11.6 Å². The fraction of sp³-hybridized carbons (Fsp3) is 0.333. The van der Waals surface area contributed by atoms with Crippen LogP contribution in [0.25, 0.3) is 0 Å². The molecular formula is C12H13Cl2N3O4. The first-order valence-electron chi connectivity index (χ1n) is 5.87. The molecule has 1 aromatic carbocycles. The third-order valence-corrected chi connectivity index (χ3v) is 3.54. The Morgan fingerprint density at radius 3 is 2.52 bits per heavy atom. The van der Waals surface area contributed by atoms with Crippen molar-refractivity contribution in [2.24, 2.45) is 0 Å². The normalized spacial score (nSPS) is 10.1. The molecule has 0 saturated carbocycles. The highest BCUT2D eigenvalue weighted by Crippen LogP contribution is 2.33. The minimum Gasteiger partial charge on any atom is -0.359 e. The van der Waals surface area contributed by atoms with Gasteiger partial charge in [-0.3, -0.25) is 19.7 Å². The van der Waals surface area contributed by atoms with Crippen LogP contribution >= 0.6 is 23.2 Å². The second kappa shape index (κ2) is 7.24. The van der Waals surface area contributed by atoms with E-state index in [0.717, 1.165) is 6.07 Å². The van der Waals surface area contributed by atoms with E-state index >= 15 is 0 Å². The summed E-state index contributed by atoms with van der Waals surface area (Å²) >= 11 is 11.5. The van der Waals surface area contributed by atoms with Gasteiger partial charge < -0.3 is 10.2 Å². The average Bonchev–Trinajstić information content (AvgIpc) is 2.45. The van der Waals surface area contributed by atoms with Crippen LogP contribution in [0.4, 0.5) is 5.69 Å². The number of rotatable bonds is 5. The van der Waals surface area contributed by atoms with Crippen molar-refractivity contribution >= 4 is 40.7 Å². The molecule has 1 rings (SSSR count). The zero-order chi connectivity index (χ0) is 16.2. The number of halogens is 2. The van der Waals surface area contributed by atoms with Gasteiger partial charge in [-0.1, -0.05) is 23.2 Å². The number of nitrogens with zero attached hydrogens (tertiary/aromatic N) is 2. The van der Waals surface area contributed by atoms with Gasteiger partial charge in [-0.25, -0.2) is 0 Å². The lowest BCUT2D eigenvalue weighted by atomic mass is 10.1. The summed E-state index contributed by atoms with van der Waals surface area (Å²) in [7, 11) is 2.98. The summed E-state index contributed by atoms with van der Waals surface area (Å²) in [5.74, 6) is -0.699. The molecule has 0 saturated heterocycles. The van der Waals surface area contributed by atoms with Crippen LogP contribution in [0.5, 0.6) is 0 Å². The van der Waals surface area contributed by atoms with Gasteiger partial charge in [0.15, 0.2) is 0 Å². The first-order valence-corrected chi connectivity index (χ1v) is 6.63. The standard InChI is InChI=1S/C12H13Cl2N3O4/c1-15-10(18)3-4-16(2)12(19)7-5-8(13)11(14)9(6-7)17(20)21/h5-6H,3-4H2,1-2H3,(H,15,18). The van der Waals surface area contributed by atoms with Crippen LogP contribution in [-0.4, -0.2) is 42.3 Å². The largest absolute Gasteiger partial charge is 0.359 e. The summed E-state index contributed by atoms with van der Waals surface area (Å²) < 4.78 is 0. The molecule has 2 amide bonds.